The van der Waals surface area contributed by atoms with Crippen molar-refractivity contribution in [2.24, 2.45) is 0 Å². The molecule has 1 fully saturated rings. The summed E-state index contributed by atoms with van der Waals surface area (Å²) in [4.78, 5) is 2.31. The molecule has 1 aliphatic heterocycles. The molecule has 1 heterocycles. The summed E-state index contributed by atoms with van der Waals surface area (Å²) in [6, 6.07) is 5.95. The standard InChI is InChI=1S/C15H23NO3/c1-4-16-9-5-6-12(17)15(16)11-7-8-13(18-2)14(10-11)19-3/h7-8,10,12,15,17H,4-6,9H2,1-3H3/t12-,15-/m0/s1. The van der Waals surface area contributed by atoms with Crippen molar-refractivity contribution in [2.45, 2.75) is 31.9 Å². The number of aliphatic hydroxyl groups is 1. The highest BCUT2D eigenvalue weighted by molar-refractivity contribution is 5.44. The molecule has 2 rings (SSSR count). The van der Waals surface area contributed by atoms with Gasteiger partial charge < -0.3 is 14.6 Å². The quantitative estimate of drug-likeness (QED) is 0.906. The largest absolute Gasteiger partial charge is 0.493 e. The Morgan fingerprint density at radius 2 is 2.00 bits per heavy atom. The van der Waals surface area contributed by atoms with E-state index in [2.05, 4.69) is 11.8 Å². The zero-order valence-corrected chi connectivity index (χ0v) is 11.9. The van der Waals surface area contributed by atoms with E-state index in [4.69, 9.17) is 9.47 Å². The first kappa shape index (κ1) is 14.2. The number of nitrogens with zero attached hydrogens (tertiary/aromatic N) is 1. The van der Waals surface area contributed by atoms with Gasteiger partial charge in [0.25, 0.3) is 0 Å². The zero-order valence-electron chi connectivity index (χ0n) is 11.9. The van der Waals surface area contributed by atoms with Crippen LogP contribution in [0, 0.1) is 0 Å². The van der Waals surface area contributed by atoms with Crippen LogP contribution in [0.5, 0.6) is 11.5 Å². The Morgan fingerprint density at radius 1 is 1.26 bits per heavy atom. The topological polar surface area (TPSA) is 41.9 Å². The molecular formula is C15H23NO3. The predicted molar refractivity (Wildman–Crippen MR) is 74.8 cm³/mol. The summed E-state index contributed by atoms with van der Waals surface area (Å²) in [5.74, 6) is 1.44. The summed E-state index contributed by atoms with van der Waals surface area (Å²) >= 11 is 0. The van der Waals surface area contributed by atoms with Crippen LogP contribution in [0.1, 0.15) is 31.4 Å². The van der Waals surface area contributed by atoms with Crippen LogP contribution in [0.4, 0.5) is 0 Å². The van der Waals surface area contributed by atoms with Crippen LogP contribution < -0.4 is 9.47 Å². The SMILES string of the molecule is CCN1CCC[C@H](O)[C@@H]1c1ccc(OC)c(OC)c1. The van der Waals surface area contributed by atoms with Crippen LogP contribution >= 0.6 is 0 Å². The number of methoxy groups -OCH3 is 2. The lowest BCUT2D eigenvalue weighted by molar-refractivity contribution is 0.0125. The Morgan fingerprint density at radius 3 is 2.63 bits per heavy atom. The smallest absolute Gasteiger partial charge is 0.161 e. The van der Waals surface area contributed by atoms with Gasteiger partial charge in [0.1, 0.15) is 0 Å². The molecule has 19 heavy (non-hydrogen) atoms. The van der Waals surface area contributed by atoms with E-state index in [1.807, 2.05) is 18.2 Å². The third-order valence-electron chi connectivity index (χ3n) is 3.86. The van der Waals surface area contributed by atoms with Crippen LogP contribution in [0.25, 0.3) is 0 Å². The minimum absolute atomic E-state index is 0.0542. The molecule has 0 unspecified atom stereocenters. The van der Waals surface area contributed by atoms with Gasteiger partial charge in [0.05, 0.1) is 26.4 Å². The van der Waals surface area contributed by atoms with Crippen molar-refractivity contribution in [3.63, 3.8) is 0 Å². The van der Waals surface area contributed by atoms with Crippen LogP contribution in [-0.4, -0.2) is 43.4 Å². The van der Waals surface area contributed by atoms with Gasteiger partial charge in [-0.3, -0.25) is 4.90 Å². The van der Waals surface area contributed by atoms with Gasteiger partial charge in [-0.05, 0) is 43.6 Å². The van der Waals surface area contributed by atoms with Gasteiger partial charge in [-0.2, -0.15) is 0 Å². The van der Waals surface area contributed by atoms with Crippen molar-refractivity contribution >= 4 is 0 Å². The van der Waals surface area contributed by atoms with E-state index in [0.717, 1.165) is 37.2 Å². The Hall–Kier alpha value is -1.26. The van der Waals surface area contributed by atoms with Gasteiger partial charge in [-0.15, -0.1) is 0 Å². The molecule has 0 bridgehead atoms. The van der Waals surface area contributed by atoms with Crippen LogP contribution in [-0.2, 0) is 0 Å². The Bertz CT molecular complexity index is 422. The molecule has 0 spiro atoms. The second-order valence-electron chi connectivity index (χ2n) is 4.90. The number of aliphatic hydroxyl groups excluding tert-OH is 1. The average Bonchev–Trinajstić information content (AvgIpc) is 2.46. The lowest BCUT2D eigenvalue weighted by Crippen LogP contribution is -2.41. The van der Waals surface area contributed by atoms with Gasteiger partial charge in [0, 0.05) is 0 Å². The van der Waals surface area contributed by atoms with Crippen molar-refractivity contribution in [1.82, 2.24) is 4.90 Å². The molecule has 2 atom stereocenters. The molecule has 0 aliphatic carbocycles. The Kier molecular flexibility index (Phi) is 4.66. The van der Waals surface area contributed by atoms with E-state index in [0.29, 0.717) is 5.75 Å². The number of ether oxygens (including phenoxy) is 2. The molecule has 0 radical (unpaired) electrons. The monoisotopic (exact) mass is 265 g/mol. The summed E-state index contributed by atoms with van der Waals surface area (Å²) < 4.78 is 10.6. The molecule has 0 amide bonds. The molecule has 1 saturated heterocycles. The summed E-state index contributed by atoms with van der Waals surface area (Å²) in [5, 5.41) is 10.3. The maximum atomic E-state index is 10.3. The fourth-order valence-electron chi connectivity index (χ4n) is 2.87. The molecule has 4 nitrogen and oxygen atoms in total. The normalized spacial score (nSPS) is 24.2. The van der Waals surface area contributed by atoms with E-state index in [1.165, 1.54) is 0 Å². The van der Waals surface area contributed by atoms with Crippen LogP contribution in [0.3, 0.4) is 0 Å². The number of benzene rings is 1. The molecular weight excluding hydrogens is 242 g/mol. The van der Waals surface area contributed by atoms with Gasteiger partial charge in [-0.25, -0.2) is 0 Å². The third-order valence-corrected chi connectivity index (χ3v) is 3.86. The number of hydrogen-bond acceptors (Lipinski definition) is 4. The predicted octanol–water partition coefficient (Wildman–Crippen LogP) is 2.22. The van der Waals surface area contributed by atoms with Crippen molar-refractivity contribution in [1.29, 1.82) is 0 Å². The fourth-order valence-corrected chi connectivity index (χ4v) is 2.87. The number of likely N-dealkylation sites (tertiary alicyclic amines) is 1. The molecule has 0 saturated carbocycles. The lowest BCUT2D eigenvalue weighted by Gasteiger charge is -2.38. The molecule has 0 aromatic heterocycles. The van der Waals surface area contributed by atoms with Crippen molar-refractivity contribution in [3.8, 4) is 11.5 Å². The van der Waals surface area contributed by atoms with Crippen LogP contribution in [0.2, 0.25) is 0 Å². The number of hydrogen-bond donors (Lipinski definition) is 1. The number of piperidine rings is 1. The molecule has 1 aromatic carbocycles. The highest BCUT2D eigenvalue weighted by atomic mass is 16.5. The second kappa shape index (κ2) is 6.26. The lowest BCUT2D eigenvalue weighted by atomic mass is 9.92. The number of likely N-dealkylation sites (N-methyl/N-ethyl adjacent to an activating group) is 1. The van der Waals surface area contributed by atoms with E-state index in [9.17, 15) is 5.11 Å². The first-order chi connectivity index (χ1) is 9.21. The van der Waals surface area contributed by atoms with Crippen molar-refractivity contribution in [2.75, 3.05) is 27.3 Å². The van der Waals surface area contributed by atoms with E-state index >= 15 is 0 Å². The highest BCUT2D eigenvalue weighted by Crippen LogP contribution is 2.36. The summed E-state index contributed by atoms with van der Waals surface area (Å²) in [6.07, 6.45) is 1.60. The average molecular weight is 265 g/mol. The maximum Gasteiger partial charge on any atom is 0.161 e. The fraction of sp³-hybridized carbons (Fsp3) is 0.600. The minimum atomic E-state index is -0.313. The Labute approximate surface area is 114 Å². The van der Waals surface area contributed by atoms with Gasteiger partial charge in [0.15, 0.2) is 11.5 Å². The molecule has 1 aliphatic rings. The first-order valence-electron chi connectivity index (χ1n) is 6.85. The minimum Gasteiger partial charge on any atom is -0.493 e. The summed E-state index contributed by atoms with van der Waals surface area (Å²) in [5.41, 5.74) is 1.09. The summed E-state index contributed by atoms with van der Waals surface area (Å²) in [6.45, 7) is 4.11. The van der Waals surface area contributed by atoms with Crippen molar-refractivity contribution < 1.29 is 14.6 Å². The Balaban J connectivity index is 2.33. The van der Waals surface area contributed by atoms with Crippen molar-refractivity contribution in [3.05, 3.63) is 23.8 Å². The van der Waals surface area contributed by atoms with Gasteiger partial charge >= 0.3 is 0 Å². The van der Waals surface area contributed by atoms with Gasteiger partial charge in [-0.1, -0.05) is 13.0 Å². The van der Waals surface area contributed by atoms with E-state index in [-0.39, 0.29) is 12.1 Å². The molecule has 1 aromatic rings. The van der Waals surface area contributed by atoms with E-state index < -0.39 is 0 Å². The molecule has 4 heteroatoms. The van der Waals surface area contributed by atoms with Crippen LogP contribution in [0.15, 0.2) is 18.2 Å². The highest BCUT2D eigenvalue weighted by Gasteiger charge is 2.30. The molecule has 1 N–H and O–H groups in total. The second-order valence-corrected chi connectivity index (χ2v) is 4.90. The number of rotatable bonds is 4. The van der Waals surface area contributed by atoms with E-state index in [1.54, 1.807) is 14.2 Å². The zero-order chi connectivity index (χ0) is 13.8. The maximum absolute atomic E-state index is 10.3. The third kappa shape index (κ3) is 2.85. The molecule has 106 valence electrons. The van der Waals surface area contributed by atoms with Gasteiger partial charge in [0.2, 0.25) is 0 Å². The first-order valence-corrected chi connectivity index (χ1v) is 6.85. The summed E-state index contributed by atoms with van der Waals surface area (Å²) in [7, 11) is 3.27.